The summed E-state index contributed by atoms with van der Waals surface area (Å²) in [5.41, 5.74) is 2.64. The smallest absolute Gasteiger partial charge is 0.355 e. The minimum absolute atomic E-state index is 0.00274. The van der Waals surface area contributed by atoms with Gasteiger partial charge in [0.2, 0.25) is 5.91 Å². The number of ketones is 1. The summed E-state index contributed by atoms with van der Waals surface area (Å²) < 4.78 is 5.07. The van der Waals surface area contributed by atoms with E-state index in [1.165, 1.54) is 0 Å². The minimum Gasteiger partial charge on any atom is -0.461 e. The number of hydrogen-bond donors (Lipinski definition) is 1. The van der Waals surface area contributed by atoms with Crippen molar-refractivity contribution in [3.05, 3.63) is 52.6 Å². The van der Waals surface area contributed by atoms with Gasteiger partial charge in [-0.1, -0.05) is 18.9 Å². The van der Waals surface area contributed by atoms with Gasteiger partial charge in [-0.25, -0.2) is 4.79 Å². The molecule has 2 aromatic heterocycles. The van der Waals surface area contributed by atoms with Gasteiger partial charge in [-0.3, -0.25) is 14.6 Å². The molecule has 0 aromatic carbocycles. The largest absolute Gasteiger partial charge is 0.461 e. The van der Waals surface area contributed by atoms with Crippen LogP contribution in [0.4, 0.5) is 0 Å². The number of H-pyrrole nitrogens is 1. The van der Waals surface area contributed by atoms with Gasteiger partial charge in [-0.05, 0) is 51.3 Å². The number of carbonyl (C=O) groups is 3. The molecule has 1 saturated carbocycles. The highest BCUT2D eigenvalue weighted by Crippen LogP contribution is 2.28. The Kier molecular flexibility index (Phi) is 7.03. The van der Waals surface area contributed by atoms with E-state index in [0.717, 1.165) is 31.4 Å². The first kappa shape index (κ1) is 21.7. The molecular formula is C23H29N3O4. The second-order valence-corrected chi connectivity index (χ2v) is 7.77. The van der Waals surface area contributed by atoms with Crippen molar-refractivity contribution in [1.29, 1.82) is 0 Å². The number of aryl methyl sites for hydroxylation is 1. The second-order valence-electron chi connectivity index (χ2n) is 7.77. The molecule has 0 saturated heterocycles. The summed E-state index contributed by atoms with van der Waals surface area (Å²) in [6.45, 7) is 5.71. The summed E-state index contributed by atoms with van der Waals surface area (Å²) >= 11 is 0. The SMILES string of the molecule is CCOC(=O)c1[nH]c(C)c(C(=O)CN(Cc2ccccn2)C(=O)C2CCCC2)c1C. The predicted octanol–water partition coefficient (Wildman–Crippen LogP) is 3.60. The first-order valence-corrected chi connectivity index (χ1v) is 10.5. The standard InChI is InChI=1S/C23H29N3O4/c1-4-30-23(29)21-15(2)20(16(3)25-21)19(27)14-26(13-18-11-7-8-12-24-18)22(28)17-9-5-6-10-17/h7-8,11-12,17,25H,4-6,9-10,13-14H2,1-3H3. The lowest BCUT2D eigenvalue weighted by atomic mass is 10.0. The summed E-state index contributed by atoms with van der Waals surface area (Å²) in [4.78, 5) is 47.4. The third-order valence-electron chi connectivity index (χ3n) is 5.63. The monoisotopic (exact) mass is 411 g/mol. The van der Waals surface area contributed by atoms with Gasteiger partial charge >= 0.3 is 5.97 Å². The summed E-state index contributed by atoms with van der Waals surface area (Å²) in [6, 6.07) is 5.54. The van der Waals surface area contributed by atoms with Gasteiger partial charge < -0.3 is 14.6 Å². The fourth-order valence-corrected chi connectivity index (χ4v) is 4.16. The highest BCUT2D eigenvalue weighted by molar-refractivity contribution is 6.04. The number of pyridine rings is 1. The molecule has 30 heavy (non-hydrogen) atoms. The van der Waals surface area contributed by atoms with E-state index in [0.29, 0.717) is 16.8 Å². The number of rotatable bonds is 8. The highest BCUT2D eigenvalue weighted by Gasteiger charge is 2.30. The van der Waals surface area contributed by atoms with Crippen LogP contribution in [0.25, 0.3) is 0 Å². The maximum absolute atomic E-state index is 13.2. The van der Waals surface area contributed by atoms with Crippen LogP contribution in [0.5, 0.6) is 0 Å². The summed E-state index contributed by atoms with van der Waals surface area (Å²) in [5, 5.41) is 0. The number of amides is 1. The van der Waals surface area contributed by atoms with Crippen LogP contribution in [0.15, 0.2) is 24.4 Å². The molecule has 1 fully saturated rings. The molecule has 1 aliphatic carbocycles. The fourth-order valence-electron chi connectivity index (χ4n) is 4.16. The summed E-state index contributed by atoms with van der Waals surface area (Å²) in [6.07, 6.45) is 5.49. The first-order chi connectivity index (χ1) is 14.4. The average molecular weight is 412 g/mol. The van der Waals surface area contributed by atoms with Crippen LogP contribution >= 0.6 is 0 Å². The van der Waals surface area contributed by atoms with Crippen molar-refractivity contribution in [2.45, 2.75) is 53.0 Å². The Morgan fingerprint density at radius 3 is 2.57 bits per heavy atom. The molecule has 160 valence electrons. The van der Waals surface area contributed by atoms with Crippen LogP contribution in [0, 0.1) is 19.8 Å². The number of Topliss-reactive ketones (excluding diaryl/α,β-unsaturated/α-hetero) is 1. The number of aromatic amines is 1. The van der Waals surface area contributed by atoms with Crippen LogP contribution in [0.2, 0.25) is 0 Å². The molecule has 0 bridgehead atoms. The van der Waals surface area contributed by atoms with E-state index in [1.54, 1.807) is 31.9 Å². The van der Waals surface area contributed by atoms with E-state index < -0.39 is 5.97 Å². The molecule has 3 rings (SSSR count). The van der Waals surface area contributed by atoms with Gasteiger partial charge in [-0.2, -0.15) is 0 Å². The van der Waals surface area contributed by atoms with Crippen molar-refractivity contribution >= 4 is 17.7 Å². The number of hydrogen-bond acceptors (Lipinski definition) is 5. The van der Waals surface area contributed by atoms with Gasteiger partial charge in [0.1, 0.15) is 5.69 Å². The molecule has 7 heteroatoms. The molecule has 0 radical (unpaired) electrons. The molecule has 1 aliphatic rings. The second kappa shape index (κ2) is 9.69. The number of nitrogens with zero attached hydrogens (tertiary/aromatic N) is 2. The zero-order chi connectivity index (χ0) is 21.7. The van der Waals surface area contributed by atoms with Gasteiger partial charge in [0.25, 0.3) is 0 Å². The molecule has 0 aliphatic heterocycles. The third kappa shape index (κ3) is 4.78. The Morgan fingerprint density at radius 1 is 1.20 bits per heavy atom. The molecule has 1 N–H and O–H groups in total. The number of esters is 1. The molecule has 0 unspecified atom stereocenters. The van der Waals surface area contributed by atoms with Crippen LogP contribution in [-0.2, 0) is 16.1 Å². The van der Waals surface area contributed by atoms with Crippen molar-refractivity contribution in [2.24, 2.45) is 5.92 Å². The molecular weight excluding hydrogens is 382 g/mol. The summed E-state index contributed by atoms with van der Waals surface area (Å²) in [5.74, 6) is -0.711. The van der Waals surface area contributed by atoms with Crippen molar-refractivity contribution < 1.29 is 19.1 Å². The lowest BCUT2D eigenvalue weighted by Crippen LogP contribution is -2.39. The zero-order valence-corrected chi connectivity index (χ0v) is 17.9. The van der Waals surface area contributed by atoms with Gasteiger partial charge in [0.15, 0.2) is 5.78 Å². The number of nitrogens with one attached hydrogen (secondary N) is 1. The lowest BCUT2D eigenvalue weighted by molar-refractivity contribution is -0.135. The van der Waals surface area contributed by atoms with E-state index in [2.05, 4.69) is 9.97 Å². The maximum atomic E-state index is 13.2. The van der Waals surface area contributed by atoms with Crippen LogP contribution in [0.1, 0.15) is 70.4 Å². The van der Waals surface area contributed by atoms with Crippen molar-refractivity contribution in [3.8, 4) is 0 Å². The number of aromatic nitrogens is 2. The van der Waals surface area contributed by atoms with E-state index in [-0.39, 0.29) is 43.0 Å². The zero-order valence-electron chi connectivity index (χ0n) is 17.9. The number of ether oxygens (including phenoxy) is 1. The predicted molar refractivity (Wildman–Crippen MR) is 112 cm³/mol. The topological polar surface area (TPSA) is 92.4 Å². The quantitative estimate of drug-likeness (QED) is 0.529. The van der Waals surface area contributed by atoms with E-state index in [4.69, 9.17) is 4.74 Å². The average Bonchev–Trinajstić information content (AvgIpc) is 3.36. The minimum atomic E-state index is -0.482. The first-order valence-electron chi connectivity index (χ1n) is 10.5. The molecule has 7 nitrogen and oxygen atoms in total. The molecule has 0 spiro atoms. The van der Waals surface area contributed by atoms with Gasteiger partial charge in [0, 0.05) is 23.4 Å². The lowest BCUT2D eigenvalue weighted by Gasteiger charge is -2.25. The van der Waals surface area contributed by atoms with Crippen molar-refractivity contribution in [2.75, 3.05) is 13.2 Å². The van der Waals surface area contributed by atoms with Crippen LogP contribution in [0.3, 0.4) is 0 Å². The van der Waals surface area contributed by atoms with Crippen LogP contribution in [-0.4, -0.2) is 45.7 Å². The Morgan fingerprint density at radius 2 is 1.93 bits per heavy atom. The third-order valence-corrected chi connectivity index (χ3v) is 5.63. The van der Waals surface area contributed by atoms with E-state index in [9.17, 15) is 14.4 Å². The molecule has 2 heterocycles. The Balaban J connectivity index is 1.84. The normalized spacial score (nSPS) is 14.0. The van der Waals surface area contributed by atoms with E-state index >= 15 is 0 Å². The van der Waals surface area contributed by atoms with E-state index in [1.807, 2.05) is 18.2 Å². The Bertz CT molecular complexity index is 914. The highest BCUT2D eigenvalue weighted by atomic mass is 16.5. The maximum Gasteiger partial charge on any atom is 0.355 e. The Hall–Kier alpha value is -2.96. The molecule has 0 atom stereocenters. The Labute approximate surface area is 176 Å². The van der Waals surface area contributed by atoms with Crippen LogP contribution < -0.4 is 0 Å². The van der Waals surface area contributed by atoms with Crippen molar-refractivity contribution in [1.82, 2.24) is 14.9 Å². The molecule has 2 aromatic rings. The fraction of sp³-hybridized carbons (Fsp3) is 0.478. The van der Waals surface area contributed by atoms with Gasteiger partial charge in [-0.15, -0.1) is 0 Å². The number of carbonyl (C=O) groups excluding carboxylic acids is 3. The molecule has 1 amide bonds. The van der Waals surface area contributed by atoms with Gasteiger partial charge in [0.05, 0.1) is 25.4 Å². The van der Waals surface area contributed by atoms with Crippen molar-refractivity contribution in [3.63, 3.8) is 0 Å². The summed E-state index contributed by atoms with van der Waals surface area (Å²) in [7, 11) is 0.